The summed E-state index contributed by atoms with van der Waals surface area (Å²) in [6.07, 6.45) is 1.49. The number of nitriles is 1. The number of carbonyl (C=O) groups excluding carboxylic acids is 1. The van der Waals surface area contributed by atoms with Gasteiger partial charge >= 0.3 is 5.97 Å². The largest absolute Gasteiger partial charge is 0.466 e. The fourth-order valence-electron chi connectivity index (χ4n) is 1.69. The Hall–Kier alpha value is -2.25. The Morgan fingerprint density at radius 2 is 2.10 bits per heavy atom. The molecule has 102 valence electrons. The lowest BCUT2D eigenvalue weighted by atomic mass is 9.84. The van der Waals surface area contributed by atoms with Crippen molar-refractivity contribution in [3.63, 3.8) is 0 Å². The lowest BCUT2D eigenvalue weighted by molar-refractivity contribution is -0.149. The SMILES string of the molecule is CC(C#N)(C(=O)OCc1ccco1)c1ccc(Cl)cc1. The van der Waals surface area contributed by atoms with Gasteiger partial charge in [0.15, 0.2) is 5.41 Å². The molecule has 0 aliphatic heterocycles. The normalized spacial score (nSPS) is 13.2. The first-order valence-electron chi connectivity index (χ1n) is 5.93. The Bertz CT molecular complexity index is 628. The number of esters is 1. The molecule has 0 spiro atoms. The predicted molar refractivity (Wildman–Crippen MR) is 72.9 cm³/mol. The molecule has 0 fully saturated rings. The van der Waals surface area contributed by atoms with Crippen molar-refractivity contribution in [3.05, 3.63) is 59.0 Å². The maximum Gasteiger partial charge on any atom is 0.331 e. The summed E-state index contributed by atoms with van der Waals surface area (Å²) >= 11 is 5.80. The number of hydrogen-bond acceptors (Lipinski definition) is 4. The summed E-state index contributed by atoms with van der Waals surface area (Å²) in [6, 6.07) is 11.9. The molecule has 1 aromatic carbocycles. The van der Waals surface area contributed by atoms with Gasteiger partial charge in [-0.15, -0.1) is 0 Å². The van der Waals surface area contributed by atoms with E-state index in [1.54, 1.807) is 36.4 Å². The van der Waals surface area contributed by atoms with E-state index >= 15 is 0 Å². The van der Waals surface area contributed by atoms with Crippen LogP contribution in [0.3, 0.4) is 0 Å². The number of rotatable bonds is 4. The highest BCUT2D eigenvalue weighted by Crippen LogP contribution is 2.26. The van der Waals surface area contributed by atoms with Gasteiger partial charge in [0, 0.05) is 5.02 Å². The van der Waals surface area contributed by atoms with Gasteiger partial charge in [-0.1, -0.05) is 23.7 Å². The van der Waals surface area contributed by atoms with E-state index < -0.39 is 11.4 Å². The molecule has 1 atom stereocenters. The molecule has 0 aliphatic rings. The van der Waals surface area contributed by atoms with E-state index in [1.165, 1.54) is 13.2 Å². The van der Waals surface area contributed by atoms with Gasteiger partial charge in [0.25, 0.3) is 0 Å². The van der Waals surface area contributed by atoms with Crippen molar-refractivity contribution in [2.45, 2.75) is 18.9 Å². The topological polar surface area (TPSA) is 63.2 Å². The highest BCUT2D eigenvalue weighted by Gasteiger charge is 2.37. The maximum atomic E-state index is 12.2. The van der Waals surface area contributed by atoms with Crippen LogP contribution in [0.5, 0.6) is 0 Å². The summed E-state index contributed by atoms with van der Waals surface area (Å²) in [5.41, 5.74) is -0.842. The third-order valence-electron chi connectivity index (χ3n) is 2.98. The molecule has 2 aromatic rings. The molecule has 0 radical (unpaired) electrons. The zero-order valence-electron chi connectivity index (χ0n) is 10.8. The second-order valence-electron chi connectivity index (χ2n) is 4.40. The number of ether oxygens (including phenoxy) is 1. The minimum atomic E-state index is -1.38. The van der Waals surface area contributed by atoms with E-state index in [4.69, 9.17) is 20.8 Å². The number of hydrogen-bond donors (Lipinski definition) is 0. The van der Waals surface area contributed by atoms with Crippen LogP contribution in [0.25, 0.3) is 0 Å². The summed E-state index contributed by atoms with van der Waals surface area (Å²) in [7, 11) is 0. The maximum absolute atomic E-state index is 12.2. The number of halogens is 1. The molecule has 1 heterocycles. The monoisotopic (exact) mass is 289 g/mol. The molecule has 0 N–H and O–H groups in total. The average molecular weight is 290 g/mol. The summed E-state index contributed by atoms with van der Waals surface area (Å²) in [6.45, 7) is 1.51. The van der Waals surface area contributed by atoms with E-state index in [0.29, 0.717) is 16.3 Å². The Balaban J connectivity index is 2.15. The second-order valence-corrected chi connectivity index (χ2v) is 4.84. The lowest BCUT2D eigenvalue weighted by Crippen LogP contribution is -2.32. The lowest BCUT2D eigenvalue weighted by Gasteiger charge is -2.20. The quantitative estimate of drug-likeness (QED) is 0.809. The second kappa shape index (κ2) is 5.81. The van der Waals surface area contributed by atoms with Crippen molar-refractivity contribution in [3.8, 4) is 6.07 Å². The first-order chi connectivity index (χ1) is 9.56. The molecule has 5 heteroatoms. The fourth-order valence-corrected chi connectivity index (χ4v) is 1.81. The first kappa shape index (κ1) is 14.2. The van der Waals surface area contributed by atoms with Crippen molar-refractivity contribution in [2.75, 3.05) is 0 Å². The van der Waals surface area contributed by atoms with Crippen molar-refractivity contribution in [1.29, 1.82) is 5.26 Å². The van der Waals surface area contributed by atoms with Gasteiger partial charge in [0.1, 0.15) is 12.4 Å². The molecule has 0 amide bonds. The van der Waals surface area contributed by atoms with E-state index in [-0.39, 0.29) is 6.61 Å². The molecule has 1 unspecified atom stereocenters. The Morgan fingerprint density at radius 1 is 1.40 bits per heavy atom. The predicted octanol–water partition coefficient (Wildman–Crippen LogP) is 3.46. The van der Waals surface area contributed by atoms with Gasteiger partial charge in [0.2, 0.25) is 0 Å². The zero-order valence-corrected chi connectivity index (χ0v) is 11.6. The third-order valence-corrected chi connectivity index (χ3v) is 3.23. The molecule has 0 aliphatic carbocycles. The standard InChI is InChI=1S/C15H12ClNO3/c1-15(10-17,11-4-6-12(16)7-5-11)14(18)20-9-13-3-2-8-19-13/h2-8H,9H2,1H3. The first-order valence-corrected chi connectivity index (χ1v) is 6.31. The Morgan fingerprint density at radius 3 is 2.65 bits per heavy atom. The summed E-state index contributed by atoms with van der Waals surface area (Å²) in [4.78, 5) is 12.2. The Labute approximate surface area is 121 Å². The van der Waals surface area contributed by atoms with E-state index in [1.807, 2.05) is 6.07 Å². The van der Waals surface area contributed by atoms with Crippen molar-refractivity contribution in [2.24, 2.45) is 0 Å². The summed E-state index contributed by atoms with van der Waals surface area (Å²) in [5.74, 6) is -0.103. The van der Waals surface area contributed by atoms with Crippen LogP contribution < -0.4 is 0 Å². The van der Waals surface area contributed by atoms with Crippen LogP contribution in [0.15, 0.2) is 47.1 Å². The summed E-state index contributed by atoms with van der Waals surface area (Å²) in [5, 5.41) is 9.87. The number of nitrogens with zero attached hydrogens (tertiary/aromatic N) is 1. The van der Waals surface area contributed by atoms with Gasteiger partial charge in [-0.05, 0) is 36.8 Å². The number of benzene rings is 1. The van der Waals surface area contributed by atoms with Crippen molar-refractivity contribution >= 4 is 17.6 Å². The molecule has 2 rings (SSSR count). The van der Waals surface area contributed by atoms with Gasteiger partial charge < -0.3 is 9.15 Å². The van der Waals surface area contributed by atoms with Gasteiger partial charge in [-0.2, -0.15) is 5.26 Å². The fraction of sp³-hybridized carbons (Fsp3) is 0.200. The zero-order chi connectivity index (χ0) is 14.6. The van der Waals surface area contributed by atoms with Gasteiger partial charge in [-0.25, -0.2) is 4.79 Å². The molecule has 20 heavy (non-hydrogen) atoms. The van der Waals surface area contributed by atoms with Crippen molar-refractivity contribution in [1.82, 2.24) is 0 Å². The van der Waals surface area contributed by atoms with Crippen molar-refractivity contribution < 1.29 is 13.9 Å². The third kappa shape index (κ3) is 2.84. The Kier molecular flexibility index (Phi) is 4.11. The van der Waals surface area contributed by atoms with Crippen LogP contribution in [0, 0.1) is 11.3 Å². The highest BCUT2D eigenvalue weighted by atomic mass is 35.5. The number of furan rings is 1. The molecule has 0 bridgehead atoms. The molecular formula is C15H12ClNO3. The van der Waals surface area contributed by atoms with Crippen LogP contribution in [0.1, 0.15) is 18.2 Å². The minimum absolute atomic E-state index is 0.00328. The van der Waals surface area contributed by atoms with E-state index in [0.717, 1.165) is 0 Å². The number of carbonyl (C=O) groups is 1. The van der Waals surface area contributed by atoms with Crippen LogP contribution >= 0.6 is 11.6 Å². The van der Waals surface area contributed by atoms with Crippen LogP contribution in [0.2, 0.25) is 5.02 Å². The van der Waals surface area contributed by atoms with Gasteiger partial charge in [-0.3, -0.25) is 0 Å². The van der Waals surface area contributed by atoms with Crippen LogP contribution in [-0.4, -0.2) is 5.97 Å². The molecule has 4 nitrogen and oxygen atoms in total. The smallest absolute Gasteiger partial charge is 0.331 e. The summed E-state index contributed by atoms with van der Waals surface area (Å²) < 4.78 is 10.2. The molecular weight excluding hydrogens is 278 g/mol. The molecule has 0 saturated carbocycles. The average Bonchev–Trinajstić information content (AvgIpc) is 2.98. The van der Waals surface area contributed by atoms with Crippen LogP contribution in [0.4, 0.5) is 0 Å². The van der Waals surface area contributed by atoms with Gasteiger partial charge in [0.05, 0.1) is 12.3 Å². The molecule has 0 saturated heterocycles. The van der Waals surface area contributed by atoms with E-state index in [2.05, 4.69) is 0 Å². The van der Waals surface area contributed by atoms with E-state index in [9.17, 15) is 10.1 Å². The molecule has 1 aromatic heterocycles. The van der Waals surface area contributed by atoms with Crippen LogP contribution in [-0.2, 0) is 21.6 Å². The minimum Gasteiger partial charge on any atom is -0.466 e. The highest BCUT2D eigenvalue weighted by molar-refractivity contribution is 6.30.